The minimum Gasteiger partial charge on any atom is -0.459 e. The monoisotopic (exact) mass is 1150 g/mol. The lowest BCUT2D eigenvalue weighted by atomic mass is 9.12. The van der Waals surface area contributed by atoms with Crippen LogP contribution in [-0.4, -0.2) is 18.2 Å². The molecule has 0 unspecified atom stereocenters. The van der Waals surface area contributed by atoms with Gasteiger partial charge in [0.25, 0.3) is 0 Å². The molecule has 0 saturated heterocycles. The summed E-state index contributed by atoms with van der Waals surface area (Å²) >= 11 is 0. The van der Waals surface area contributed by atoms with E-state index in [2.05, 4.69) is 16.7 Å². The first kappa shape index (κ1) is 60.3. The van der Waals surface area contributed by atoms with Crippen molar-refractivity contribution in [3.8, 4) is 0 Å². The maximum Gasteiger partial charge on any atom is 0.416 e. The number of benzene rings is 5. The van der Waals surface area contributed by atoms with E-state index in [0.717, 1.165) is 19.4 Å². The number of carbonyl (C=O) groups excluding carboxylic acids is 1. The van der Waals surface area contributed by atoms with E-state index >= 15 is 0 Å². The molecule has 0 N–H and O–H groups in total. The van der Waals surface area contributed by atoms with E-state index in [1.807, 2.05) is 42.7 Å². The summed E-state index contributed by atoms with van der Waals surface area (Å²) in [5.41, 5.74) is -28.3. The average Bonchev–Trinajstić information content (AvgIpc) is 3.83. The maximum atomic E-state index is 14.2. The predicted octanol–water partition coefficient (Wildman–Crippen LogP) is 14.3. The van der Waals surface area contributed by atoms with Crippen molar-refractivity contribution in [2.24, 2.45) is 0 Å². The Bertz CT molecular complexity index is 2650. The lowest BCUT2D eigenvalue weighted by Gasteiger charge is -2.46. The minimum atomic E-state index is -6.13. The summed E-state index contributed by atoms with van der Waals surface area (Å²) in [4.78, 5) is 12.0. The molecule has 6 aromatic rings. The molecule has 0 amide bonds. The van der Waals surface area contributed by atoms with Gasteiger partial charge < -0.3 is 4.74 Å². The molecule has 28 heteroatoms. The zero-order valence-electron chi connectivity index (χ0n) is 38.6. The fraction of sp³-hybridized carbons (Fsp3) is 0.280. The van der Waals surface area contributed by atoms with Crippen LogP contribution in [0.3, 0.4) is 0 Å². The zero-order valence-corrected chi connectivity index (χ0v) is 38.6. The third-order valence-electron chi connectivity index (χ3n) is 12.4. The van der Waals surface area contributed by atoms with Crippen LogP contribution in [0.5, 0.6) is 0 Å². The molecule has 0 spiro atoms. The minimum absolute atomic E-state index is 0.120. The SMILES string of the molecule is FC(F)(F)c1cc([B-](c2cc(C(F)(F)F)cc(C(F)(F)F)c2)(c2cc(C(F)(F)F)cc(C(F)(F)F)c2)c2cc(C(F)(F)F)cc(C(F)(F)F)c2)cc(C(F)(F)F)c1.O=C(OC1CCCC1)c1cc[n+](Cc2ccccc2)cc1. The van der Waals surface area contributed by atoms with E-state index < -0.39 is 195 Å². The molecule has 0 radical (unpaired) electrons. The lowest BCUT2D eigenvalue weighted by Crippen LogP contribution is -2.75. The topological polar surface area (TPSA) is 30.2 Å². The highest BCUT2D eigenvalue weighted by atomic mass is 19.4. The van der Waals surface area contributed by atoms with E-state index in [1.165, 1.54) is 18.4 Å². The Morgan fingerprint density at radius 3 is 0.897 bits per heavy atom. The molecule has 1 fully saturated rings. The van der Waals surface area contributed by atoms with Gasteiger partial charge >= 0.3 is 55.4 Å². The molecule has 1 heterocycles. The highest BCUT2D eigenvalue weighted by Crippen LogP contribution is 2.41. The molecule has 78 heavy (non-hydrogen) atoms. The van der Waals surface area contributed by atoms with E-state index in [4.69, 9.17) is 4.74 Å². The van der Waals surface area contributed by atoms with Gasteiger partial charge in [-0.1, -0.05) is 78.9 Å². The van der Waals surface area contributed by atoms with Gasteiger partial charge in [0.2, 0.25) is 0 Å². The Labute approximate surface area is 424 Å². The van der Waals surface area contributed by atoms with Crippen LogP contribution in [0.2, 0.25) is 0 Å². The zero-order chi connectivity index (χ0) is 58.4. The van der Waals surface area contributed by atoms with E-state index in [0.29, 0.717) is 5.56 Å². The molecule has 7 rings (SSSR count). The van der Waals surface area contributed by atoms with Crippen molar-refractivity contribution in [1.29, 1.82) is 0 Å². The summed E-state index contributed by atoms with van der Waals surface area (Å²) in [7, 11) is 0. The van der Waals surface area contributed by atoms with Crippen LogP contribution in [0.4, 0.5) is 105 Å². The number of halogens is 24. The Balaban J connectivity index is 0.000000387. The number of carbonyl (C=O) groups is 1. The van der Waals surface area contributed by atoms with Gasteiger partial charge in [0, 0.05) is 17.7 Å². The van der Waals surface area contributed by atoms with Crippen LogP contribution >= 0.6 is 0 Å². The molecule has 0 aliphatic heterocycles. The van der Waals surface area contributed by atoms with Crippen LogP contribution in [-0.2, 0) is 60.7 Å². The van der Waals surface area contributed by atoms with Crippen molar-refractivity contribution >= 4 is 34.0 Å². The average molecular weight is 1150 g/mol. The van der Waals surface area contributed by atoms with Gasteiger partial charge in [-0.25, -0.2) is 9.36 Å². The van der Waals surface area contributed by atoms with Crippen LogP contribution in [0.25, 0.3) is 0 Å². The van der Waals surface area contributed by atoms with Gasteiger partial charge in [-0.15, -0.1) is 0 Å². The summed E-state index contributed by atoms with van der Waals surface area (Å²) in [6.07, 6.45) is -46.5. The molecule has 420 valence electrons. The van der Waals surface area contributed by atoms with Crippen molar-refractivity contribution in [3.63, 3.8) is 0 Å². The van der Waals surface area contributed by atoms with Gasteiger partial charge in [-0.05, 0) is 49.9 Å². The summed E-state index contributed by atoms with van der Waals surface area (Å²) in [6, 6.07) is 5.11. The van der Waals surface area contributed by atoms with Gasteiger partial charge in [-0.3, -0.25) is 0 Å². The second-order valence-corrected chi connectivity index (χ2v) is 17.8. The third kappa shape index (κ3) is 14.2. The van der Waals surface area contributed by atoms with Crippen molar-refractivity contribution in [2.75, 3.05) is 0 Å². The Kier molecular flexibility index (Phi) is 16.5. The number of alkyl halides is 24. The normalized spacial score (nSPS) is 14.5. The van der Waals surface area contributed by atoms with E-state index in [9.17, 15) is 110 Å². The van der Waals surface area contributed by atoms with Crippen molar-refractivity contribution in [3.05, 3.63) is 183 Å². The first-order chi connectivity index (χ1) is 35.6. The molecule has 1 aliphatic carbocycles. The molecule has 3 nitrogen and oxygen atoms in total. The highest BCUT2D eigenvalue weighted by molar-refractivity contribution is 7.20. The number of hydrogen-bond acceptors (Lipinski definition) is 2. The Morgan fingerprint density at radius 2 is 0.654 bits per heavy atom. The molecular weight excluding hydrogens is 1110 g/mol. The molecular formula is C50H32BF24NO2. The molecule has 1 aromatic heterocycles. The Morgan fingerprint density at radius 1 is 0.397 bits per heavy atom. The fourth-order valence-electron chi connectivity index (χ4n) is 8.79. The van der Waals surface area contributed by atoms with Crippen LogP contribution in [0.1, 0.15) is 86.1 Å². The number of aromatic nitrogens is 1. The standard InChI is InChI=1S/C32H12BF24.C18H20NO2/c34-25(35,36)13-1-14(26(37,38)39)6-21(5-13)33(22-7-15(27(40,41)42)2-16(8-22)28(43,44)45,23-9-17(29(46,47)48)3-18(10-23)30(49,50)51)24-11-19(31(52,53)54)4-20(12-24)32(55,56)57;20-18(21-17-8-4-5-9-17)16-10-12-19(13-11-16)14-15-6-2-1-3-7-15/h1-12H;1-3,6-7,10-13,17H,4-5,8-9,14H2/q-1;+1. The second kappa shape index (κ2) is 21.4. The molecule has 1 aliphatic rings. The van der Waals surface area contributed by atoms with Gasteiger partial charge in [0.15, 0.2) is 18.9 Å². The predicted molar refractivity (Wildman–Crippen MR) is 230 cm³/mol. The number of ether oxygens (including phenoxy) is 1. The molecule has 5 aromatic carbocycles. The van der Waals surface area contributed by atoms with Gasteiger partial charge in [0.1, 0.15) is 12.2 Å². The smallest absolute Gasteiger partial charge is 0.416 e. The quantitative estimate of drug-likeness (QED) is 0.0658. The molecule has 0 atom stereocenters. The van der Waals surface area contributed by atoms with E-state index in [1.54, 1.807) is 0 Å². The Hall–Kier alpha value is -6.90. The van der Waals surface area contributed by atoms with Crippen LogP contribution in [0.15, 0.2) is 128 Å². The van der Waals surface area contributed by atoms with Crippen molar-refractivity contribution in [1.82, 2.24) is 0 Å². The summed E-state index contributed by atoms with van der Waals surface area (Å²) in [6.45, 7) is 0.804. The number of esters is 1. The third-order valence-corrected chi connectivity index (χ3v) is 12.4. The summed E-state index contributed by atoms with van der Waals surface area (Å²) in [5.74, 6) is -0.200. The van der Waals surface area contributed by atoms with Crippen molar-refractivity contribution in [2.45, 2.75) is 87.7 Å². The van der Waals surface area contributed by atoms with Crippen molar-refractivity contribution < 1.29 is 119 Å². The first-order valence-electron chi connectivity index (χ1n) is 22.2. The number of pyridine rings is 1. The second-order valence-electron chi connectivity index (χ2n) is 17.8. The molecule has 0 bridgehead atoms. The van der Waals surface area contributed by atoms with Gasteiger partial charge in [0.05, 0.1) is 50.1 Å². The fourth-order valence-corrected chi connectivity index (χ4v) is 8.79. The summed E-state index contributed by atoms with van der Waals surface area (Å²) < 4.78 is 348. The van der Waals surface area contributed by atoms with Gasteiger partial charge in [-0.2, -0.15) is 127 Å². The number of rotatable bonds is 8. The highest BCUT2D eigenvalue weighted by Gasteiger charge is 2.47. The molecule has 1 saturated carbocycles. The maximum absolute atomic E-state index is 14.2. The largest absolute Gasteiger partial charge is 0.459 e. The summed E-state index contributed by atoms with van der Waals surface area (Å²) in [5, 5.41) is 0. The van der Waals surface area contributed by atoms with E-state index in [-0.39, 0.29) is 12.1 Å². The number of nitrogens with zero attached hydrogens (tertiary/aromatic N) is 1. The first-order valence-corrected chi connectivity index (χ1v) is 22.2. The lowest BCUT2D eigenvalue weighted by molar-refractivity contribution is -0.688. The van der Waals surface area contributed by atoms with Crippen LogP contribution < -0.4 is 26.4 Å². The van der Waals surface area contributed by atoms with Crippen LogP contribution in [0, 0.1) is 0 Å². The number of hydrogen-bond donors (Lipinski definition) is 0.